The van der Waals surface area contributed by atoms with E-state index >= 15 is 0 Å². The number of anilines is 2. The molecule has 0 spiro atoms. The Morgan fingerprint density at radius 1 is 1.16 bits per heavy atom. The van der Waals surface area contributed by atoms with Crippen LogP contribution in [0.2, 0.25) is 0 Å². The highest BCUT2D eigenvalue weighted by Gasteiger charge is 2.34. The first-order valence-corrected chi connectivity index (χ1v) is 7.46. The SMILES string of the molecule is Cc1cc(N)cc(N2CCC3C(CCCN3C)C2)c1. The molecule has 0 radical (unpaired) electrons. The monoisotopic (exact) mass is 259 g/mol. The van der Waals surface area contributed by atoms with Crippen LogP contribution in [-0.2, 0) is 0 Å². The zero-order valence-electron chi connectivity index (χ0n) is 12.1. The van der Waals surface area contributed by atoms with Gasteiger partial charge < -0.3 is 15.5 Å². The van der Waals surface area contributed by atoms with Gasteiger partial charge in [-0.1, -0.05) is 0 Å². The van der Waals surface area contributed by atoms with Crippen molar-refractivity contribution < 1.29 is 0 Å². The molecule has 3 nitrogen and oxygen atoms in total. The van der Waals surface area contributed by atoms with Crippen LogP contribution in [0.3, 0.4) is 0 Å². The third kappa shape index (κ3) is 2.57. The molecular formula is C16H25N3. The van der Waals surface area contributed by atoms with Crippen molar-refractivity contribution >= 4 is 11.4 Å². The largest absolute Gasteiger partial charge is 0.399 e. The van der Waals surface area contributed by atoms with Gasteiger partial charge in [0.15, 0.2) is 0 Å². The number of hydrogen-bond acceptors (Lipinski definition) is 3. The Bertz CT molecular complexity index is 437. The summed E-state index contributed by atoms with van der Waals surface area (Å²) in [7, 11) is 2.29. The Labute approximate surface area is 116 Å². The Kier molecular flexibility index (Phi) is 3.40. The van der Waals surface area contributed by atoms with Crippen molar-refractivity contribution in [2.24, 2.45) is 5.92 Å². The summed E-state index contributed by atoms with van der Waals surface area (Å²) in [5.41, 5.74) is 9.44. The van der Waals surface area contributed by atoms with E-state index in [9.17, 15) is 0 Å². The van der Waals surface area contributed by atoms with E-state index in [1.807, 2.05) is 6.07 Å². The van der Waals surface area contributed by atoms with Gasteiger partial charge in [-0.15, -0.1) is 0 Å². The zero-order chi connectivity index (χ0) is 13.4. The maximum Gasteiger partial charge on any atom is 0.0389 e. The third-order valence-electron chi connectivity index (χ3n) is 4.80. The molecule has 1 aromatic carbocycles. The lowest BCUT2D eigenvalue weighted by Gasteiger charge is -2.46. The third-order valence-corrected chi connectivity index (χ3v) is 4.80. The molecule has 0 aliphatic carbocycles. The van der Waals surface area contributed by atoms with Crippen molar-refractivity contribution in [3.8, 4) is 0 Å². The average molecular weight is 259 g/mol. The first-order chi connectivity index (χ1) is 9.13. The van der Waals surface area contributed by atoms with Crippen LogP contribution < -0.4 is 10.6 Å². The van der Waals surface area contributed by atoms with E-state index in [1.165, 1.54) is 43.6 Å². The van der Waals surface area contributed by atoms with Crippen LogP contribution in [0, 0.1) is 12.8 Å². The number of rotatable bonds is 1. The number of aryl methyl sites for hydroxylation is 1. The van der Waals surface area contributed by atoms with Crippen LogP contribution in [0.4, 0.5) is 11.4 Å². The van der Waals surface area contributed by atoms with Gasteiger partial charge in [0.05, 0.1) is 0 Å². The zero-order valence-corrected chi connectivity index (χ0v) is 12.1. The molecule has 2 atom stereocenters. The number of benzene rings is 1. The fourth-order valence-electron chi connectivity index (χ4n) is 3.86. The summed E-state index contributed by atoms with van der Waals surface area (Å²) < 4.78 is 0. The second-order valence-electron chi connectivity index (χ2n) is 6.29. The second-order valence-corrected chi connectivity index (χ2v) is 6.29. The van der Waals surface area contributed by atoms with E-state index in [0.717, 1.165) is 24.2 Å². The van der Waals surface area contributed by atoms with Gasteiger partial charge in [0.1, 0.15) is 0 Å². The lowest BCUT2D eigenvalue weighted by Crippen LogP contribution is -2.52. The summed E-state index contributed by atoms with van der Waals surface area (Å²) in [4.78, 5) is 5.10. The maximum atomic E-state index is 5.99. The van der Waals surface area contributed by atoms with Crippen LogP contribution in [0.25, 0.3) is 0 Å². The minimum atomic E-state index is 0.798. The van der Waals surface area contributed by atoms with Crippen molar-refractivity contribution in [3.63, 3.8) is 0 Å². The normalized spacial score (nSPS) is 28.2. The van der Waals surface area contributed by atoms with Crippen molar-refractivity contribution in [3.05, 3.63) is 23.8 Å². The quantitative estimate of drug-likeness (QED) is 0.787. The summed E-state index contributed by atoms with van der Waals surface area (Å²) in [6.07, 6.45) is 4.02. The van der Waals surface area contributed by atoms with Gasteiger partial charge in [-0.3, -0.25) is 0 Å². The minimum absolute atomic E-state index is 0.798. The van der Waals surface area contributed by atoms with E-state index in [0.29, 0.717) is 0 Å². The van der Waals surface area contributed by atoms with Gasteiger partial charge in [-0.2, -0.15) is 0 Å². The molecule has 1 aromatic rings. The van der Waals surface area contributed by atoms with Crippen molar-refractivity contribution in [1.29, 1.82) is 0 Å². The fraction of sp³-hybridized carbons (Fsp3) is 0.625. The van der Waals surface area contributed by atoms with Crippen LogP contribution in [0.15, 0.2) is 18.2 Å². The number of fused-ring (bicyclic) bond motifs is 1. The standard InChI is InChI=1S/C16H25N3/c1-12-8-14(17)10-15(9-12)19-7-5-16-13(11-19)4-3-6-18(16)2/h8-10,13,16H,3-7,11,17H2,1-2H3. The van der Waals surface area contributed by atoms with Gasteiger partial charge in [0.25, 0.3) is 0 Å². The molecule has 2 unspecified atom stereocenters. The van der Waals surface area contributed by atoms with E-state index in [-0.39, 0.29) is 0 Å². The topological polar surface area (TPSA) is 32.5 Å². The molecule has 0 bridgehead atoms. The molecule has 2 N–H and O–H groups in total. The molecule has 104 valence electrons. The predicted octanol–water partition coefficient (Wildman–Crippen LogP) is 2.50. The molecule has 2 fully saturated rings. The fourth-order valence-corrected chi connectivity index (χ4v) is 3.86. The highest BCUT2D eigenvalue weighted by molar-refractivity contribution is 5.58. The highest BCUT2D eigenvalue weighted by Crippen LogP contribution is 2.32. The summed E-state index contributed by atoms with van der Waals surface area (Å²) in [6, 6.07) is 7.24. The first kappa shape index (κ1) is 12.8. The number of nitrogens with two attached hydrogens (primary N) is 1. The number of likely N-dealkylation sites (tertiary alicyclic amines) is 1. The molecule has 2 aliphatic rings. The minimum Gasteiger partial charge on any atom is -0.399 e. The molecule has 2 heterocycles. The Morgan fingerprint density at radius 3 is 2.79 bits per heavy atom. The molecule has 2 saturated heterocycles. The summed E-state index contributed by atoms with van der Waals surface area (Å²) in [5.74, 6) is 0.828. The van der Waals surface area contributed by atoms with Gasteiger partial charge in [0, 0.05) is 30.5 Å². The van der Waals surface area contributed by atoms with E-state index in [4.69, 9.17) is 5.73 Å². The number of piperidine rings is 2. The summed E-state index contributed by atoms with van der Waals surface area (Å²) >= 11 is 0. The first-order valence-electron chi connectivity index (χ1n) is 7.46. The van der Waals surface area contributed by atoms with Gasteiger partial charge in [0.2, 0.25) is 0 Å². The molecule has 2 aliphatic heterocycles. The summed E-state index contributed by atoms with van der Waals surface area (Å²) in [5, 5.41) is 0. The van der Waals surface area contributed by atoms with Gasteiger partial charge in [-0.05, 0) is 69.5 Å². The second kappa shape index (κ2) is 5.04. The van der Waals surface area contributed by atoms with Crippen LogP contribution in [0.5, 0.6) is 0 Å². The molecule has 0 amide bonds. The number of nitrogen functional groups attached to an aromatic ring is 1. The number of hydrogen-bond donors (Lipinski definition) is 1. The molecule has 0 aromatic heterocycles. The van der Waals surface area contributed by atoms with Crippen molar-refractivity contribution in [1.82, 2.24) is 4.90 Å². The molecule has 0 saturated carbocycles. The van der Waals surface area contributed by atoms with Gasteiger partial charge >= 0.3 is 0 Å². The molecule has 19 heavy (non-hydrogen) atoms. The number of nitrogens with zero attached hydrogens (tertiary/aromatic N) is 2. The van der Waals surface area contributed by atoms with Gasteiger partial charge in [-0.25, -0.2) is 0 Å². The van der Waals surface area contributed by atoms with Crippen molar-refractivity contribution in [2.75, 3.05) is 37.3 Å². The Balaban J connectivity index is 1.77. The lowest BCUT2D eigenvalue weighted by molar-refractivity contribution is 0.102. The van der Waals surface area contributed by atoms with Crippen LogP contribution >= 0.6 is 0 Å². The smallest absolute Gasteiger partial charge is 0.0389 e. The van der Waals surface area contributed by atoms with Crippen LogP contribution in [-0.4, -0.2) is 37.6 Å². The average Bonchev–Trinajstić information content (AvgIpc) is 2.37. The Hall–Kier alpha value is -1.22. The highest BCUT2D eigenvalue weighted by atomic mass is 15.2. The van der Waals surface area contributed by atoms with E-state index in [1.54, 1.807) is 0 Å². The lowest BCUT2D eigenvalue weighted by atomic mass is 9.84. The van der Waals surface area contributed by atoms with E-state index < -0.39 is 0 Å². The van der Waals surface area contributed by atoms with E-state index in [2.05, 4.69) is 35.9 Å². The maximum absolute atomic E-state index is 5.99. The summed E-state index contributed by atoms with van der Waals surface area (Å²) in [6.45, 7) is 5.76. The molecule has 3 heteroatoms. The Morgan fingerprint density at radius 2 is 2.00 bits per heavy atom. The van der Waals surface area contributed by atoms with Crippen LogP contribution in [0.1, 0.15) is 24.8 Å². The molecular weight excluding hydrogens is 234 g/mol. The molecule has 3 rings (SSSR count). The van der Waals surface area contributed by atoms with Crippen molar-refractivity contribution in [2.45, 2.75) is 32.2 Å². The predicted molar refractivity (Wildman–Crippen MR) is 81.6 cm³/mol.